The number of amides is 2. The molecule has 1 fully saturated rings. The number of ether oxygens (including phenoxy) is 1. The lowest BCUT2D eigenvalue weighted by molar-refractivity contribution is -0.192. The molecule has 1 aromatic heterocycles. The lowest BCUT2D eigenvalue weighted by atomic mass is 10.1. The summed E-state index contributed by atoms with van der Waals surface area (Å²) in [7, 11) is 0. The number of aromatic nitrogens is 2. The minimum Gasteiger partial charge on any atom is -0.475 e. The highest BCUT2D eigenvalue weighted by Gasteiger charge is 2.38. The van der Waals surface area contributed by atoms with Gasteiger partial charge in [0.05, 0.1) is 18.8 Å². The number of nitrogens with one attached hydrogen (secondary N) is 2. The molecule has 39 heavy (non-hydrogen) atoms. The van der Waals surface area contributed by atoms with Crippen molar-refractivity contribution in [3.8, 4) is 0 Å². The Morgan fingerprint density at radius 2 is 1.72 bits per heavy atom. The van der Waals surface area contributed by atoms with E-state index in [1.807, 2.05) is 22.9 Å². The maximum atomic E-state index is 12.6. The minimum absolute atomic E-state index is 0.0548. The first kappa shape index (κ1) is 27.8. The molecule has 1 atom stereocenters. The summed E-state index contributed by atoms with van der Waals surface area (Å²) >= 11 is 0. The zero-order chi connectivity index (χ0) is 28.0. The molecule has 0 spiro atoms. The van der Waals surface area contributed by atoms with Crippen LogP contribution in [0.25, 0.3) is 0 Å². The van der Waals surface area contributed by atoms with E-state index < -0.39 is 12.1 Å². The fourth-order valence-electron chi connectivity index (χ4n) is 3.92. The third kappa shape index (κ3) is 7.90. The van der Waals surface area contributed by atoms with Crippen LogP contribution in [0, 0.1) is 5.92 Å². The number of carboxylic acid groups (broad SMARTS) is 1. The van der Waals surface area contributed by atoms with Crippen LogP contribution in [0.1, 0.15) is 46.1 Å². The number of rotatable bonds is 7. The van der Waals surface area contributed by atoms with Gasteiger partial charge in [-0.15, -0.1) is 0 Å². The van der Waals surface area contributed by atoms with Crippen LogP contribution in [-0.4, -0.2) is 52.0 Å². The van der Waals surface area contributed by atoms with Gasteiger partial charge in [-0.2, -0.15) is 18.3 Å². The van der Waals surface area contributed by atoms with E-state index in [9.17, 15) is 22.8 Å². The number of halogens is 3. The molecule has 1 unspecified atom stereocenters. The number of hydrogen-bond acceptors (Lipinski definition) is 5. The molecular formula is C27H27F3N4O5. The van der Waals surface area contributed by atoms with Crippen molar-refractivity contribution in [1.82, 2.24) is 15.1 Å². The number of carbonyl (C=O) groups excluding carboxylic acids is 2. The highest BCUT2D eigenvalue weighted by molar-refractivity contribution is 5.96. The average Bonchev–Trinajstić information content (AvgIpc) is 3.68. The van der Waals surface area contributed by atoms with Crippen LogP contribution in [0.5, 0.6) is 0 Å². The number of benzene rings is 2. The van der Waals surface area contributed by atoms with Gasteiger partial charge >= 0.3 is 12.1 Å². The van der Waals surface area contributed by atoms with Gasteiger partial charge in [0.1, 0.15) is 6.10 Å². The zero-order valence-electron chi connectivity index (χ0n) is 20.8. The third-order valence-corrected chi connectivity index (χ3v) is 6.11. The summed E-state index contributed by atoms with van der Waals surface area (Å²) in [6.45, 7) is 1.67. The summed E-state index contributed by atoms with van der Waals surface area (Å²) in [6.07, 6.45) is -0.530. The lowest BCUT2D eigenvalue weighted by Crippen LogP contribution is -2.32. The molecule has 12 heteroatoms. The van der Waals surface area contributed by atoms with Crippen molar-refractivity contribution in [2.45, 2.75) is 38.1 Å². The number of nitrogens with zero attached hydrogens (tertiary/aromatic N) is 2. The van der Waals surface area contributed by atoms with Crippen molar-refractivity contribution < 1.29 is 37.4 Å². The van der Waals surface area contributed by atoms with Crippen LogP contribution in [0.15, 0.2) is 60.8 Å². The highest BCUT2D eigenvalue weighted by atomic mass is 19.4. The number of fused-ring (bicyclic) bond motifs is 1. The van der Waals surface area contributed by atoms with Gasteiger partial charge in [-0.3, -0.25) is 14.3 Å². The van der Waals surface area contributed by atoms with Gasteiger partial charge in [-0.1, -0.05) is 30.3 Å². The van der Waals surface area contributed by atoms with Gasteiger partial charge in [-0.25, -0.2) is 4.79 Å². The molecule has 3 N–H and O–H groups in total. The van der Waals surface area contributed by atoms with E-state index in [1.165, 1.54) is 11.1 Å². The van der Waals surface area contributed by atoms with Gasteiger partial charge in [0.25, 0.3) is 5.91 Å². The van der Waals surface area contributed by atoms with Crippen LogP contribution < -0.4 is 10.6 Å². The SMILES string of the molecule is O=C(NCC1OCCc2cn(Cc3ccccc3)nc21)c1ccc(NC(=O)C2CC2)cc1.O=C(O)C(F)(F)F. The first-order valence-electron chi connectivity index (χ1n) is 12.3. The number of alkyl halides is 3. The average molecular weight is 545 g/mol. The van der Waals surface area contributed by atoms with Crippen molar-refractivity contribution in [1.29, 1.82) is 0 Å². The topological polar surface area (TPSA) is 123 Å². The van der Waals surface area contributed by atoms with E-state index in [0.29, 0.717) is 30.9 Å². The summed E-state index contributed by atoms with van der Waals surface area (Å²) in [6, 6.07) is 17.2. The fourth-order valence-corrected chi connectivity index (χ4v) is 3.92. The van der Waals surface area contributed by atoms with Gasteiger partial charge in [-0.05, 0) is 54.7 Å². The van der Waals surface area contributed by atoms with Gasteiger partial charge < -0.3 is 20.5 Å². The molecule has 2 aromatic carbocycles. The Labute approximate surface area is 222 Å². The number of aliphatic carboxylic acids is 1. The summed E-state index contributed by atoms with van der Waals surface area (Å²) in [4.78, 5) is 33.4. The van der Waals surface area contributed by atoms with Crippen molar-refractivity contribution in [3.63, 3.8) is 0 Å². The normalized spacial score (nSPS) is 16.3. The molecule has 1 aliphatic heterocycles. The monoisotopic (exact) mass is 544 g/mol. The Hall–Kier alpha value is -4.19. The second kappa shape index (κ2) is 12.1. The molecule has 9 nitrogen and oxygen atoms in total. The van der Waals surface area contributed by atoms with E-state index in [-0.39, 0.29) is 23.8 Å². The number of carboxylic acids is 1. The van der Waals surface area contributed by atoms with Crippen molar-refractivity contribution in [2.75, 3.05) is 18.5 Å². The van der Waals surface area contributed by atoms with Gasteiger partial charge in [0.15, 0.2) is 0 Å². The molecule has 3 aromatic rings. The Morgan fingerprint density at radius 1 is 1.05 bits per heavy atom. The summed E-state index contributed by atoms with van der Waals surface area (Å²) in [5.74, 6) is -2.73. The van der Waals surface area contributed by atoms with Gasteiger partial charge in [0, 0.05) is 29.9 Å². The Balaban J connectivity index is 0.000000448. The standard InChI is InChI=1S/C25H26N4O3.C2HF3O2/c30-24(18-8-10-21(11-9-18)27-25(31)19-6-7-19)26-14-22-23-20(12-13-32-22)16-29(28-23)15-17-4-2-1-3-5-17;3-2(4,5)1(6)7/h1-5,8-11,16,19,22H,6-7,12-15H2,(H,26,30)(H,27,31);(H,6,7). The molecule has 0 bridgehead atoms. The van der Waals surface area contributed by atoms with E-state index >= 15 is 0 Å². The molecular weight excluding hydrogens is 517 g/mol. The van der Waals surface area contributed by atoms with E-state index in [1.54, 1.807) is 24.3 Å². The van der Waals surface area contributed by atoms with Gasteiger partial charge in [0.2, 0.25) is 5.91 Å². The Bertz CT molecular complexity index is 1310. The second-order valence-electron chi connectivity index (χ2n) is 9.19. The number of hydrogen-bond donors (Lipinski definition) is 3. The Morgan fingerprint density at radius 3 is 2.33 bits per heavy atom. The molecule has 2 heterocycles. The molecule has 2 amide bonds. The molecule has 5 rings (SSSR count). The molecule has 1 aliphatic carbocycles. The van der Waals surface area contributed by atoms with Crippen molar-refractivity contribution >= 4 is 23.5 Å². The summed E-state index contributed by atoms with van der Waals surface area (Å²) in [5, 5.41) is 17.7. The van der Waals surface area contributed by atoms with Crippen molar-refractivity contribution in [2.24, 2.45) is 5.92 Å². The molecule has 0 radical (unpaired) electrons. The van der Waals surface area contributed by atoms with Crippen LogP contribution in [0.3, 0.4) is 0 Å². The largest absolute Gasteiger partial charge is 0.490 e. The smallest absolute Gasteiger partial charge is 0.475 e. The number of carbonyl (C=O) groups is 3. The molecule has 0 saturated heterocycles. The summed E-state index contributed by atoms with van der Waals surface area (Å²) in [5.41, 5.74) is 4.51. The predicted octanol–water partition coefficient (Wildman–Crippen LogP) is 3.96. The fraction of sp³-hybridized carbons (Fsp3) is 0.333. The van der Waals surface area contributed by atoms with Crippen LogP contribution >= 0.6 is 0 Å². The van der Waals surface area contributed by atoms with E-state index in [0.717, 1.165) is 25.0 Å². The zero-order valence-corrected chi connectivity index (χ0v) is 20.8. The highest BCUT2D eigenvalue weighted by Crippen LogP contribution is 2.30. The first-order valence-corrected chi connectivity index (χ1v) is 12.3. The summed E-state index contributed by atoms with van der Waals surface area (Å²) < 4.78 is 39.6. The minimum atomic E-state index is -5.08. The Kier molecular flexibility index (Phi) is 8.65. The van der Waals surface area contributed by atoms with E-state index in [4.69, 9.17) is 19.7 Å². The first-order chi connectivity index (χ1) is 18.6. The maximum absolute atomic E-state index is 12.6. The van der Waals surface area contributed by atoms with E-state index in [2.05, 4.69) is 29.0 Å². The molecule has 1 saturated carbocycles. The van der Waals surface area contributed by atoms with Crippen LogP contribution in [0.2, 0.25) is 0 Å². The maximum Gasteiger partial charge on any atom is 0.490 e. The second-order valence-corrected chi connectivity index (χ2v) is 9.19. The lowest BCUT2D eigenvalue weighted by Gasteiger charge is -2.22. The quantitative estimate of drug-likeness (QED) is 0.414. The third-order valence-electron chi connectivity index (χ3n) is 6.11. The molecule has 2 aliphatic rings. The predicted molar refractivity (Wildman–Crippen MR) is 134 cm³/mol. The van der Waals surface area contributed by atoms with Crippen molar-refractivity contribution in [3.05, 3.63) is 83.2 Å². The number of anilines is 1. The van der Waals surface area contributed by atoms with Crippen LogP contribution in [0.4, 0.5) is 18.9 Å². The molecule has 206 valence electrons. The van der Waals surface area contributed by atoms with Crippen LogP contribution in [-0.2, 0) is 27.3 Å².